The first kappa shape index (κ1) is 37.9. The van der Waals surface area contributed by atoms with E-state index in [1.165, 1.54) is 55.6 Å². The molecule has 2 aliphatic rings. The first-order valence-electron chi connectivity index (χ1n) is 23.2. The minimum atomic E-state index is -0.854. The topological polar surface area (TPSA) is 29.5 Å². The van der Waals surface area contributed by atoms with Crippen molar-refractivity contribution in [1.82, 2.24) is 0 Å². The fourth-order valence-electron chi connectivity index (χ4n) is 12.0. The van der Waals surface area contributed by atoms with Gasteiger partial charge in [0.2, 0.25) is 0 Å². The van der Waals surface area contributed by atoms with E-state index in [0.29, 0.717) is 0 Å². The average Bonchev–Trinajstić information content (AvgIpc) is 4.11. The highest BCUT2D eigenvalue weighted by Gasteiger charge is 2.50. The SMILES string of the molecule is CC1(C)c2ccccc2-c2ccc(N(c3ccc(-c4ccccc4)cc3)c3cccc4c3-c3ccccc3C4(c3cccc4c3oc3ccccc34)c3cccc4c3oc3ccccc34)cc21. The molecule has 0 amide bonds. The Balaban J connectivity index is 1.09. The summed E-state index contributed by atoms with van der Waals surface area (Å²) in [4.78, 5) is 2.49. The molecule has 0 fully saturated rings. The lowest BCUT2D eigenvalue weighted by molar-refractivity contribution is 0.634. The predicted molar refractivity (Wildman–Crippen MR) is 276 cm³/mol. The highest BCUT2D eigenvalue weighted by molar-refractivity contribution is 6.11. The summed E-state index contributed by atoms with van der Waals surface area (Å²) < 4.78 is 14.1. The molecule has 316 valence electrons. The van der Waals surface area contributed by atoms with E-state index < -0.39 is 5.41 Å². The van der Waals surface area contributed by atoms with Crippen LogP contribution in [0.25, 0.3) is 77.3 Å². The molecule has 2 aromatic heterocycles. The molecular formula is C64H43NO2. The third-order valence-electron chi connectivity index (χ3n) is 15.0. The molecule has 0 N–H and O–H groups in total. The Labute approximate surface area is 388 Å². The smallest absolute Gasteiger partial charge is 0.140 e. The summed E-state index contributed by atoms with van der Waals surface area (Å²) >= 11 is 0. The lowest BCUT2D eigenvalue weighted by Crippen LogP contribution is -2.29. The monoisotopic (exact) mass is 857 g/mol. The molecule has 0 saturated heterocycles. The van der Waals surface area contributed by atoms with Gasteiger partial charge >= 0.3 is 0 Å². The summed E-state index contributed by atoms with van der Waals surface area (Å²) in [6.07, 6.45) is 0. The predicted octanol–water partition coefficient (Wildman–Crippen LogP) is 17.3. The molecule has 10 aromatic carbocycles. The van der Waals surface area contributed by atoms with Crippen molar-refractivity contribution in [1.29, 1.82) is 0 Å². The maximum absolute atomic E-state index is 7.06. The maximum Gasteiger partial charge on any atom is 0.140 e. The molecular weight excluding hydrogens is 815 g/mol. The Morgan fingerprint density at radius 2 is 0.836 bits per heavy atom. The van der Waals surface area contributed by atoms with Crippen LogP contribution in [0.4, 0.5) is 17.1 Å². The number of furan rings is 2. The van der Waals surface area contributed by atoms with Gasteiger partial charge in [-0.25, -0.2) is 0 Å². The lowest BCUT2D eigenvalue weighted by Gasteiger charge is -2.34. The van der Waals surface area contributed by atoms with Crippen molar-refractivity contribution < 1.29 is 8.83 Å². The molecule has 0 bridgehead atoms. The molecule has 0 aliphatic heterocycles. The van der Waals surface area contributed by atoms with Crippen LogP contribution in [0.3, 0.4) is 0 Å². The van der Waals surface area contributed by atoms with Gasteiger partial charge in [-0.1, -0.05) is 196 Å². The van der Waals surface area contributed by atoms with Crippen LogP contribution in [0.15, 0.2) is 233 Å². The first-order chi connectivity index (χ1) is 33.0. The summed E-state index contributed by atoms with van der Waals surface area (Å²) in [5.41, 5.74) is 20.3. The van der Waals surface area contributed by atoms with Crippen LogP contribution >= 0.6 is 0 Å². The van der Waals surface area contributed by atoms with Crippen molar-refractivity contribution >= 4 is 60.9 Å². The van der Waals surface area contributed by atoms with Crippen LogP contribution in [0.2, 0.25) is 0 Å². The Bertz CT molecular complexity index is 3850. The summed E-state index contributed by atoms with van der Waals surface area (Å²) in [6.45, 7) is 4.73. The van der Waals surface area contributed by atoms with Gasteiger partial charge in [0.05, 0.1) is 11.1 Å². The van der Waals surface area contributed by atoms with Gasteiger partial charge in [-0.2, -0.15) is 0 Å². The van der Waals surface area contributed by atoms with E-state index in [4.69, 9.17) is 8.83 Å². The molecule has 0 atom stereocenters. The molecule has 14 rings (SSSR count). The van der Waals surface area contributed by atoms with Crippen LogP contribution in [0.5, 0.6) is 0 Å². The maximum atomic E-state index is 7.06. The highest BCUT2D eigenvalue weighted by Crippen LogP contribution is 2.62. The number of anilines is 3. The number of benzene rings is 10. The molecule has 12 aromatic rings. The van der Waals surface area contributed by atoms with E-state index in [-0.39, 0.29) is 5.41 Å². The van der Waals surface area contributed by atoms with Crippen LogP contribution in [-0.2, 0) is 10.8 Å². The largest absolute Gasteiger partial charge is 0.456 e. The molecule has 3 heteroatoms. The molecule has 0 spiro atoms. The van der Waals surface area contributed by atoms with E-state index in [1.54, 1.807) is 0 Å². The Kier molecular flexibility index (Phi) is 7.95. The van der Waals surface area contributed by atoms with Crippen molar-refractivity contribution in [2.45, 2.75) is 24.7 Å². The molecule has 67 heavy (non-hydrogen) atoms. The summed E-state index contributed by atoms with van der Waals surface area (Å²) in [5.74, 6) is 0. The van der Waals surface area contributed by atoms with Gasteiger partial charge in [0, 0.05) is 55.0 Å². The van der Waals surface area contributed by atoms with Crippen molar-refractivity contribution in [3.05, 3.63) is 258 Å². The summed E-state index contributed by atoms with van der Waals surface area (Å²) in [5, 5.41) is 4.38. The lowest BCUT2D eigenvalue weighted by atomic mass is 9.67. The van der Waals surface area contributed by atoms with Crippen molar-refractivity contribution in [2.75, 3.05) is 4.90 Å². The Morgan fingerprint density at radius 3 is 1.52 bits per heavy atom. The molecule has 2 aliphatic carbocycles. The molecule has 0 unspecified atom stereocenters. The van der Waals surface area contributed by atoms with Gasteiger partial charge in [0.1, 0.15) is 22.3 Å². The van der Waals surface area contributed by atoms with Crippen molar-refractivity contribution in [3.63, 3.8) is 0 Å². The first-order valence-corrected chi connectivity index (χ1v) is 23.2. The second-order valence-electron chi connectivity index (χ2n) is 18.7. The zero-order valence-electron chi connectivity index (χ0n) is 37.1. The number of para-hydroxylation sites is 4. The minimum Gasteiger partial charge on any atom is -0.456 e. The Hall–Kier alpha value is -8.40. The van der Waals surface area contributed by atoms with E-state index in [2.05, 4.69) is 243 Å². The zero-order chi connectivity index (χ0) is 44.4. The van der Waals surface area contributed by atoms with E-state index in [0.717, 1.165) is 72.1 Å². The van der Waals surface area contributed by atoms with E-state index in [1.807, 2.05) is 0 Å². The second-order valence-corrected chi connectivity index (χ2v) is 18.7. The fraction of sp³-hybridized carbons (Fsp3) is 0.0625. The molecule has 0 radical (unpaired) electrons. The normalized spacial score (nSPS) is 14.1. The quantitative estimate of drug-likeness (QED) is 0.167. The standard InChI is InChI=1S/C64H43NO2/c1-63(2)51-25-10-6-19-44(51)45-38-37-43(39-56(45)63)65(42-35-33-41(34-36-42)40-17-4-3-5-18-40)57-30-16-27-53-60(57)50-22-7-11-26-52(50)64(53,54-28-14-23-48-46-20-8-12-31-58(46)66-61(48)54)55-29-15-24-49-47-21-9-13-32-59(47)67-62(49)55/h3-39H,1-2H3. The Morgan fingerprint density at radius 1 is 0.343 bits per heavy atom. The molecule has 3 nitrogen and oxygen atoms in total. The number of nitrogens with zero attached hydrogens (tertiary/aromatic N) is 1. The van der Waals surface area contributed by atoms with Gasteiger partial charge in [0.25, 0.3) is 0 Å². The van der Waals surface area contributed by atoms with Gasteiger partial charge in [-0.3, -0.25) is 0 Å². The third kappa shape index (κ3) is 5.23. The average molecular weight is 858 g/mol. The number of rotatable bonds is 6. The van der Waals surface area contributed by atoms with Gasteiger partial charge in [-0.05, 0) is 92.5 Å². The third-order valence-corrected chi connectivity index (χ3v) is 15.0. The molecule has 0 saturated carbocycles. The fourth-order valence-corrected chi connectivity index (χ4v) is 12.0. The number of hydrogen-bond donors (Lipinski definition) is 0. The minimum absolute atomic E-state index is 0.179. The van der Waals surface area contributed by atoms with E-state index >= 15 is 0 Å². The van der Waals surface area contributed by atoms with Gasteiger partial charge < -0.3 is 13.7 Å². The van der Waals surface area contributed by atoms with Gasteiger partial charge in [0.15, 0.2) is 0 Å². The van der Waals surface area contributed by atoms with Crippen molar-refractivity contribution in [3.8, 4) is 33.4 Å². The number of fused-ring (bicyclic) bond motifs is 12. The van der Waals surface area contributed by atoms with Gasteiger partial charge in [-0.15, -0.1) is 0 Å². The summed E-state index contributed by atoms with van der Waals surface area (Å²) in [7, 11) is 0. The van der Waals surface area contributed by atoms with Crippen LogP contribution in [0, 0.1) is 0 Å². The molecule has 2 heterocycles. The zero-order valence-corrected chi connectivity index (χ0v) is 37.1. The summed E-state index contributed by atoms with van der Waals surface area (Å²) in [6, 6.07) is 81.9. The second kappa shape index (κ2) is 14.1. The van der Waals surface area contributed by atoms with E-state index in [9.17, 15) is 0 Å². The van der Waals surface area contributed by atoms with Crippen molar-refractivity contribution in [2.24, 2.45) is 0 Å². The number of hydrogen-bond acceptors (Lipinski definition) is 3. The van der Waals surface area contributed by atoms with Crippen LogP contribution in [0.1, 0.15) is 47.2 Å². The van der Waals surface area contributed by atoms with Crippen LogP contribution < -0.4 is 4.90 Å². The highest BCUT2D eigenvalue weighted by atomic mass is 16.3. The van der Waals surface area contributed by atoms with Crippen LogP contribution in [-0.4, -0.2) is 0 Å².